The van der Waals surface area contributed by atoms with Crippen molar-refractivity contribution in [1.82, 2.24) is 34.1 Å². The molecule has 8 rings (SSSR count). The number of aryl methyl sites for hydroxylation is 1. The highest BCUT2D eigenvalue weighted by Crippen LogP contribution is 2.39. The molecule has 1 unspecified atom stereocenters. The van der Waals surface area contributed by atoms with Gasteiger partial charge in [0.25, 0.3) is 5.91 Å². The Balaban J connectivity index is 0.913. The van der Waals surface area contributed by atoms with E-state index in [9.17, 15) is 29.5 Å². The van der Waals surface area contributed by atoms with E-state index in [0.29, 0.717) is 46.7 Å². The lowest BCUT2D eigenvalue weighted by molar-refractivity contribution is -0.135. The largest absolute Gasteiger partial charge is 0.386 e. The second kappa shape index (κ2) is 15.0. The van der Waals surface area contributed by atoms with Crippen molar-refractivity contribution in [2.75, 3.05) is 25.0 Å². The van der Waals surface area contributed by atoms with Gasteiger partial charge in [-0.05, 0) is 101 Å². The van der Waals surface area contributed by atoms with Gasteiger partial charge < -0.3 is 15.3 Å². The summed E-state index contributed by atoms with van der Waals surface area (Å²) in [7, 11) is 1.66. The van der Waals surface area contributed by atoms with Gasteiger partial charge in [0.1, 0.15) is 29.7 Å². The highest BCUT2D eigenvalue weighted by molar-refractivity contribution is 6.04. The number of nitrogens with one attached hydrogen (secondary N) is 2. The first-order valence-corrected chi connectivity index (χ1v) is 19.6. The van der Waals surface area contributed by atoms with Crippen molar-refractivity contribution < 1.29 is 23.9 Å². The molecule has 3 N–H and O–H groups in total. The Labute approximate surface area is 328 Å². The molecule has 0 radical (unpaired) electrons. The number of anilines is 1. The third-order valence-electron chi connectivity index (χ3n) is 12.1. The van der Waals surface area contributed by atoms with E-state index >= 15 is 4.39 Å². The molecule has 2 saturated heterocycles. The summed E-state index contributed by atoms with van der Waals surface area (Å²) in [5.74, 6) is -1.31. The van der Waals surface area contributed by atoms with Crippen LogP contribution in [0.4, 0.5) is 10.1 Å². The van der Waals surface area contributed by atoms with Crippen LogP contribution in [0, 0.1) is 17.2 Å². The number of pyridine rings is 1. The van der Waals surface area contributed by atoms with Crippen molar-refractivity contribution in [2.45, 2.75) is 88.6 Å². The average Bonchev–Trinajstić information content (AvgIpc) is 3.72. The van der Waals surface area contributed by atoms with Crippen LogP contribution in [-0.2, 0) is 22.2 Å². The molecule has 5 aromatic rings. The first-order chi connectivity index (χ1) is 27.3. The predicted octanol–water partition coefficient (Wildman–Crippen LogP) is 4.97. The number of benzene rings is 2. The Morgan fingerprint density at radius 2 is 1.84 bits per heavy atom. The van der Waals surface area contributed by atoms with Crippen molar-refractivity contribution in [2.24, 2.45) is 13.0 Å². The van der Waals surface area contributed by atoms with E-state index in [1.54, 1.807) is 39.1 Å². The Kier molecular flexibility index (Phi) is 10.0. The number of carbonyl (C=O) groups excluding carboxylic acids is 3. The summed E-state index contributed by atoms with van der Waals surface area (Å²) in [6.07, 6.45) is 5.61. The van der Waals surface area contributed by atoms with E-state index in [0.717, 1.165) is 49.7 Å². The van der Waals surface area contributed by atoms with Gasteiger partial charge in [-0.3, -0.25) is 33.5 Å². The number of para-hydroxylation sites is 1. The molecule has 0 spiro atoms. The van der Waals surface area contributed by atoms with E-state index in [4.69, 9.17) is 5.10 Å². The van der Waals surface area contributed by atoms with Gasteiger partial charge in [-0.1, -0.05) is 18.2 Å². The molecule has 0 bridgehead atoms. The van der Waals surface area contributed by atoms with E-state index in [2.05, 4.69) is 20.5 Å². The predicted molar refractivity (Wildman–Crippen MR) is 210 cm³/mol. The fraction of sp³-hybridized carbons (Fsp3) is 0.452. The Bertz CT molecular complexity index is 2500. The fourth-order valence-corrected chi connectivity index (χ4v) is 9.14. The van der Waals surface area contributed by atoms with Gasteiger partial charge in [0.05, 0.1) is 28.2 Å². The van der Waals surface area contributed by atoms with Gasteiger partial charge in [0.2, 0.25) is 11.8 Å². The van der Waals surface area contributed by atoms with E-state index in [1.807, 2.05) is 35.1 Å². The summed E-state index contributed by atoms with van der Waals surface area (Å²) < 4.78 is 21.1. The number of carbonyl (C=O) groups is 3. The third-order valence-corrected chi connectivity index (χ3v) is 12.1. The first-order valence-electron chi connectivity index (χ1n) is 19.6. The quantitative estimate of drug-likeness (QED) is 0.184. The fourth-order valence-electron chi connectivity index (χ4n) is 9.14. The summed E-state index contributed by atoms with van der Waals surface area (Å²) in [5, 5.41) is 31.2. The Morgan fingerprint density at radius 1 is 1.07 bits per heavy atom. The maximum atomic E-state index is 16.2. The number of hydrogen-bond acceptors (Lipinski definition) is 9. The number of hydrogen-bond donors (Lipinski definition) is 3. The lowest BCUT2D eigenvalue weighted by atomic mass is 9.83. The summed E-state index contributed by atoms with van der Waals surface area (Å²) in [5.41, 5.74) is 2.23. The number of imidazole rings is 1. The minimum absolute atomic E-state index is 0.0969. The summed E-state index contributed by atoms with van der Waals surface area (Å²) in [4.78, 5) is 57.4. The van der Waals surface area contributed by atoms with E-state index < -0.39 is 35.5 Å². The summed E-state index contributed by atoms with van der Waals surface area (Å²) in [6, 6.07) is 15.1. The molecule has 1 saturated carbocycles. The van der Waals surface area contributed by atoms with Gasteiger partial charge in [-0.15, -0.1) is 0 Å². The normalized spacial score (nSPS) is 23.4. The average molecular weight is 776 g/mol. The molecule has 15 heteroatoms. The number of aromatic nitrogens is 5. The van der Waals surface area contributed by atoms with Crippen LogP contribution in [0.15, 0.2) is 59.5 Å². The van der Waals surface area contributed by atoms with Crippen molar-refractivity contribution >= 4 is 45.3 Å². The molecule has 3 aromatic heterocycles. The maximum Gasteiger partial charge on any atom is 0.329 e. The van der Waals surface area contributed by atoms with Crippen molar-refractivity contribution in [3.05, 3.63) is 87.7 Å². The van der Waals surface area contributed by atoms with Crippen molar-refractivity contribution in [3.63, 3.8) is 0 Å². The number of rotatable bonds is 8. The molecule has 296 valence electrons. The highest BCUT2D eigenvalue weighted by atomic mass is 19.1. The minimum atomic E-state index is -1.27. The number of amides is 3. The number of imide groups is 1. The summed E-state index contributed by atoms with van der Waals surface area (Å²) >= 11 is 0. The lowest BCUT2D eigenvalue weighted by Gasteiger charge is -2.38. The van der Waals surface area contributed by atoms with Crippen LogP contribution in [0.3, 0.4) is 0 Å². The van der Waals surface area contributed by atoms with Gasteiger partial charge in [0, 0.05) is 55.3 Å². The number of halogens is 1. The van der Waals surface area contributed by atoms with Crippen LogP contribution in [0.5, 0.6) is 0 Å². The number of nitriles is 1. The molecule has 57 heavy (non-hydrogen) atoms. The first kappa shape index (κ1) is 38.2. The minimum Gasteiger partial charge on any atom is -0.386 e. The number of aliphatic hydroxyl groups is 1. The van der Waals surface area contributed by atoms with Gasteiger partial charge in [0.15, 0.2) is 0 Å². The Morgan fingerprint density at radius 3 is 2.56 bits per heavy atom. The van der Waals surface area contributed by atoms with Crippen molar-refractivity contribution in [3.8, 4) is 6.07 Å². The zero-order valence-electron chi connectivity index (χ0n) is 32.2. The Hall–Kier alpha value is -5.72. The molecule has 2 aromatic carbocycles. The smallest absolute Gasteiger partial charge is 0.329 e. The number of piperidine rings is 2. The molecule has 3 fully saturated rings. The molecule has 3 amide bonds. The zero-order valence-corrected chi connectivity index (χ0v) is 32.2. The summed E-state index contributed by atoms with van der Waals surface area (Å²) in [6.45, 7) is 5.14. The second-order valence-electron chi connectivity index (χ2n) is 16.3. The molecule has 2 aliphatic heterocycles. The molecular formula is C42H46FN9O5. The number of fused-ring (bicyclic) bond motifs is 2. The van der Waals surface area contributed by atoms with Crippen molar-refractivity contribution in [1.29, 1.82) is 5.26 Å². The van der Waals surface area contributed by atoms with Crippen LogP contribution < -0.4 is 16.3 Å². The van der Waals surface area contributed by atoms with E-state index in [1.165, 1.54) is 21.3 Å². The molecule has 5 heterocycles. The number of alkyl halides is 1. The monoisotopic (exact) mass is 775 g/mol. The number of nitrogens with zero attached hydrogens (tertiary/aromatic N) is 7. The molecule has 1 aliphatic carbocycles. The van der Waals surface area contributed by atoms with Crippen LogP contribution in [-0.4, -0.2) is 77.4 Å². The third kappa shape index (κ3) is 7.35. The SMILES string of the molecule is Cn1c(=O)n(C2CCC(=O)NC2=O)c2cccc([C@@H]3CCN(C[C@H]4CC[C@H](n5cc6cc(NC(=O)c7cccc(C#N)n7)c(C(C)(C)O)cc6n5)CC4)C[C@@H]3F)c21. The van der Waals surface area contributed by atoms with Crippen LogP contribution >= 0.6 is 0 Å². The number of likely N-dealkylation sites (tertiary alicyclic amines) is 1. The van der Waals surface area contributed by atoms with E-state index in [-0.39, 0.29) is 41.9 Å². The van der Waals surface area contributed by atoms with Gasteiger partial charge in [-0.2, -0.15) is 10.4 Å². The topological polar surface area (TPSA) is 180 Å². The second-order valence-corrected chi connectivity index (χ2v) is 16.3. The van der Waals surface area contributed by atoms with Crippen LogP contribution in [0.25, 0.3) is 21.9 Å². The molecule has 3 atom stereocenters. The highest BCUT2D eigenvalue weighted by Gasteiger charge is 2.36. The lowest BCUT2D eigenvalue weighted by Crippen LogP contribution is -2.44. The molecular weight excluding hydrogens is 730 g/mol. The standard InChI is InChI=1S/C42H46FN9O5/c1-42(2,57)30-19-33-25(18-34(30)46-39(54)32-8-4-6-26(20-44)45-32)22-51(48-33)27-12-10-24(11-13-27)21-50-17-16-28(31(43)23-50)29-7-5-9-35-38(29)49(3)41(56)52(35)36-14-15-37(53)47-40(36)55/h4-9,18-19,22,24,27-28,31,36,57H,10-17,21,23H2,1-3H3,(H,46,54)(H,47,53,55)/t24-,27-,28-,31-,36?/m0/s1. The zero-order chi connectivity index (χ0) is 40.2. The van der Waals surface area contributed by atoms with Gasteiger partial charge in [-0.25, -0.2) is 14.2 Å². The van der Waals surface area contributed by atoms with Gasteiger partial charge >= 0.3 is 5.69 Å². The maximum absolute atomic E-state index is 16.2. The molecule has 3 aliphatic rings. The van der Waals surface area contributed by atoms with Crippen LogP contribution in [0.2, 0.25) is 0 Å². The molecule has 14 nitrogen and oxygen atoms in total. The van der Waals surface area contributed by atoms with Crippen LogP contribution in [0.1, 0.15) is 104 Å².